The van der Waals surface area contributed by atoms with Gasteiger partial charge >= 0.3 is 12.6 Å². The number of rotatable bonds is 10. The number of benzene rings is 4. The van der Waals surface area contributed by atoms with Crippen molar-refractivity contribution in [3.05, 3.63) is 88.5 Å². The lowest BCUT2D eigenvalue weighted by molar-refractivity contribution is -0.142. The summed E-state index contributed by atoms with van der Waals surface area (Å²) in [7, 11) is 0. The highest BCUT2D eigenvalue weighted by Crippen LogP contribution is 2.54. The summed E-state index contributed by atoms with van der Waals surface area (Å²) in [6.07, 6.45) is 5.05. The number of ether oxygens (including phenoxy) is 1. The predicted molar refractivity (Wildman–Crippen MR) is 217 cm³/mol. The number of carbonyl (C=O) groups is 1. The highest BCUT2D eigenvalue weighted by Gasteiger charge is 2.51. The summed E-state index contributed by atoms with van der Waals surface area (Å²) in [5, 5.41) is 30.2. The SMILES string of the molecule is Cc1c(-c2nc3cc(CN4CCC[C@H]4C(=O)O)c(OC(F)F)cc3o2)cccc1-c1cccc(-c2nc3cc(CN4CCC5(CC4)CC(C)(O)C5)cc(C#N)c3o2)c1C. The Morgan fingerprint density at radius 3 is 2.20 bits per heavy atom. The van der Waals surface area contributed by atoms with E-state index in [1.807, 2.05) is 69.3 Å². The molecule has 3 fully saturated rings. The summed E-state index contributed by atoms with van der Waals surface area (Å²) in [6, 6.07) is 20.3. The third-order valence-electron chi connectivity index (χ3n) is 12.7. The van der Waals surface area contributed by atoms with Gasteiger partial charge in [-0.2, -0.15) is 14.0 Å². The molecule has 1 atom stereocenters. The lowest BCUT2D eigenvalue weighted by Gasteiger charge is -2.55. The van der Waals surface area contributed by atoms with Crippen molar-refractivity contribution < 1.29 is 37.4 Å². The lowest BCUT2D eigenvalue weighted by Crippen LogP contribution is -2.54. The Balaban J connectivity index is 0.996. The molecule has 2 aromatic heterocycles. The Labute approximate surface area is 339 Å². The van der Waals surface area contributed by atoms with E-state index in [1.165, 1.54) is 6.07 Å². The third kappa shape index (κ3) is 7.34. The zero-order chi connectivity index (χ0) is 41.2. The number of halogens is 2. The van der Waals surface area contributed by atoms with Crippen molar-refractivity contribution in [3.8, 4) is 45.9 Å². The number of hydrogen-bond donors (Lipinski definition) is 2. The van der Waals surface area contributed by atoms with Crippen molar-refractivity contribution in [2.24, 2.45) is 5.41 Å². The zero-order valence-electron chi connectivity index (χ0n) is 33.2. The lowest BCUT2D eigenvalue weighted by atomic mass is 9.56. The smallest absolute Gasteiger partial charge is 0.387 e. The summed E-state index contributed by atoms with van der Waals surface area (Å²) in [5.41, 5.74) is 8.53. The molecule has 1 aliphatic carbocycles. The van der Waals surface area contributed by atoms with Gasteiger partial charge in [-0.05, 0) is 142 Å². The Kier molecular flexibility index (Phi) is 9.77. The molecule has 6 aromatic rings. The minimum atomic E-state index is -3.08. The predicted octanol–water partition coefficient (Wildman–Crippen LogP) is 9.24. The van der Waals surface area contributed by atoms with Crippen molar-refractivity contribution in [2.45, 2.75) is 90.6 Å². The van der Waals surface area contributed by atoms with Gasteiger partial charge in [0.25, 0.3) is 0 Å². The molecule has 2 saturated heterocycles. The van der Waals surface area contributed by atoms with E-state index in [-0.39, 0.29) is 23.3 Å². The van der Waals surface area contributed by atoms with Gasteiger partial charge in [-0.25, -0.2) is 9.97 Å². The number of nitrogens with zero attached hydrogens (tertiary/aromatic N) is 5. The highest BCUT2D eigenvalue weighted by atomic mass is 19.3. The first-order valence-electron chi connectivity index (χ1n) is 20.1. The fourth-order valence-electron chi connectivity index (χ4n) is 10.0. The molecule has 2 N–H and O–H groups in total. The summed E-state index contributed by atoms with van der Waals surface area (Å²) in [4.78, 5) is 25.7. The van der Waals surface area contributed by atoms with Crippen LogP contribution in [0.5, 0.6) is 5.75 Å². The molecule has 0 radical (unpaired) electrons. The molecule has 0 bridgehead atoms. The number of carboxylic acid groups (broad SMARTS) is 1. The molecule has 11 nitrogen and oxygen atoms in total. The summed E-state index contributed by atoms with van der Waals surface area (Å²) >= 11 is 0. The molecule has 13 heteroatoms. The van der Waals surface area contributed by atoms with E-state index in [0.29, 0.717) is 71.0 Å². The van der Waals surface area contributed by atoms with Crippen LogP contribution in [-0.2, 0) is 17.9 Å². The van der Waals surface area contributed by atoms with Crippen molar-refractivity contribution in [1.29, 1.82) is 5.26 Å². The van der Waals surface area contributed by atoms with E-state index < -0.39 is 24.2 Å². The molecule has 0 unspecified atom stereocenters. The van der Waals surface area contributed by atoms with Gasteiger partial charge in [0.1, 0.15) is 28.9 Å². The van der Waals surface area contributed by atoms with Crippen LogP contribution in [0.25, 0.3) is 56.2 Å². The second kappa shape index (κ2) is 14.9. The Morgan fingerprint density at radius 1 is 0.932 bits per heavy atom. The van der Waals surface area contributed by atoms with Crippen LogP contribution in [0.15, 0.2) is 69.5 Å². The minimum Gasteiger partial charge on any atom is -0.480 e. The average Bonchev–Trinajstić information content (AvgIpc) is 3.94. The van der Waals surface area contributed by atoms with Gasteiger partial charge in [0.05, 0.1) is 11.2 Å². The van der Waals surface area contributed by atoms with Gasteiger partial charge in [0.15, 0.2) is 11.2 Å². The van der Waals surface area contributed by atoms with Gasteiger partial charge in [-0.1, -0.05) is 24.3 Å². The van der Waals surface area contributed by atoms with Gasteiger partial charge in [-0.15, -0.1) is 0 Å². The van der Waals surface area contributed by atoms with E-state index in [2.05, 4.69) is 11.0 Å². The van der Waals surface area contributed by atoms with Crippen LogP contribution >= 0.6 is 0 Å². The van der Waals surface area contributed by atoms with Gasteiger partial charge < -0.3 is 23.8 Å². The van der Waals surface area contributed by atoms with Crippen LogP contribution in [0.1, 0.15) is 73.3 Å². The number of piperidine rings is 1. The number of likely N-dealkylation sites (tertiary alicyclic amines) is 2. The molecule has 1 saturated carbocycles. The van der Waals surface area contributed by atoms with Crippen LogP contribution in [0, 0.1) is 30.6 Å². The van der Waals surface area contributed by atoms with Gasteiger partial charge in [-0.3, -0.25) is 14.6 Å². The molecule has 59 heavy (non-hydrogen) atoms. The quantitative estimate of drug-likeness (QED) is 0.137. The second-order valence-corrected chi connectivity index (χ2v) is 17.0. The Morgan fingerprint density at radius 2 is 1.58 bits per heavy atom. The molecule has 1 spiro atoms. The third-order valence-corrected chi connectivity index (χ3v) is 12.7. The molecule has 304 valence electrons. The van der Waals surface area contributed by atoms with Crippen LogP contribution in [0.4, 0.5) is 8.78 Å². The van der Waals surface area contributed by atoms with E-state index in [4.69, 9.17) is 23.5 Å². The number of nitriles is 1. The number of aliphatic hydroxyl groups is 1. The van der Waals surface area contributed by atoms with E-state index in [9.17, 15) is 29.1 Å². The summed E-state index contributed by atoms with van der Waals surface area (Å²) < 4.78 is 44.5. The number of fused-ring (bicyclic) bond motifs is 2. The number of alkyl halides is 2. The Hall–Kier alpha value is -5.68. The van der Waals surface area contributed by atoms with Crippen molar-refractivity contribution in [2.75, 3.05) is 19.6 Å². The first-order chi connectivity index (χ1) is 28.3. The number of hydrogen-bond acceptors (Lipinski definition) is 10. The summed E-state index contributed by atoms with van der Waals surface area (Å²) in [5.74, 6) is -0.308. The highest BCUT2D eigenvalue weighted by molar-refractivity contribution is 5.86. The van der Waals surface area contributed by atoms with Gasteiger partial charge in [0, 0.05) is 35.8 Å². The Bertz CT molecular complexity index is 2640. The maximum absolute atomic E-state index is 13.5. The number of oxazole rings is 2. The molecular weight excluding hydrogens is 757 g/mol. The van der Waals surface area contributed by atoms with E-state index >= 15 is 0 Å². The zero-order valence-corrected chi connectivity index (χ0v) is 33.2. The van der Waals surface area contributed by atoms with Crippen molar-refractivity contribution in [3.63, 3.8) is 0 Å². The van der Waals surface area contributed by atoms with Gasteiger partial charge in [0.2, 0.25) is 11.8 Å². The molecule has 2 aliphatic heterocycles. The fourth-order valence-corrected chi connectivity index (χ4v) is 10.0. The maximum atomic E-state index is 13.5. The number of aromatic nitrogens is 2. The molecule has 9 rings (SSSR count). The topological polar surface area (TPSA) is 149 Å². The largest absolute Gasteiger partial charge is 0.480 e. The second-order valence-electron chi connectivity index (χ2n) is 17.0. The fraction of sp³-hybridized carbons (Fsp3) is 0.391. The number of carboxylic acids is 1. The monoisotopic (exact) mass is 801 g/mol. The van der Waals surface area contributed by atoms with E-state index in [1.54, 1.807) is 11.0 Å². The molecule has 4 aromatic carbocycles. The first kappa shape index (κ1) is 38.8. The standard InChI is InChI=1S/C46H45F2N5O6/c1-26-31(7-4-9-33(26)41-50-35-19-30(23-53-14-6-11-37(53)43(54)55)38(58-44(47)48)20-39(35)57-41)32-8-5-10-34(27(32)2)42-51-36-18-28(17-29(21-49)40(36)59-42)22-52-15-12-46(13-16-52)24-45(3,56)25-46/h4-5,7-10,17-20,37,44,56H,6,11-16,22-25H2,1-3H3,(H,54,55)/t37-/m0/s1. The molecule has 0 amide bonds. The maximum Gasteiger partial charge on any atom is 0.387 e. The minimum absolute atomic E-state index is 0.0816. The van der Waals surface area contributed by atoms with Crippen molar-refractivity contribution in [1.82, 2.24) is 19.8 Å². The molecular formula is C46H45F2N5O6. The number of aliphatic carboxylic acids is 1. The first-order valence-corrected chi connectivity index (χ1v) is 20.1. The van der Waals surface area contributed by atoms with Crippen molar-refractivity contribution >= 4 is 28.2 Å². The molecule has 3 aliphatic rings. The van der Waals surface area contributed by atoms with Crippen LogP contribution in [0.2, 0.25) is 0 Å². The average molecular weight is 802 g/mol. The van der Waals surface area contributed by atoms with Crippen LogP contribution in [0.3, 0.4) is 0 Å². The van der Waals surface area contributed by atoms with Crippen LogP contribution in [-0.4, -0.2) is 73.8 Å². The normalized spacial score (nSPS) is 19.1. The van der Waals surface area contributed by atoms with Crippen LogP contribution < -0.4 is 4.74 Å². The van der Waals surface area contributed by atoms with E-state index in [0.717, 1.165) is 72.2 Å². The summed E-state index contributed by atoms with van der Waals surface area (Å²) in [6.45, 7) is 6.09. The molecule has 4 heterocycles.